The van der Waals surface area contributed by atoms with Gasteiger partial charge in [-0.2, -0.15) is 13.2 Å². The molecule has 7 nitrogen and oxygen atoms in total. The van der Waals surface area contributed by atoms with Gasteiger partial charge in [0.25, 0.3) is 11.8 Å². The van der Waals surface area contributed by atoms with Crippen LogP contribution in [-0.4, -0.2) is 40.9 Å². The van der Waals surface area contributed by atoms with Crippen molar-refractivity contribution in [2.45, 2.75) is 42.1 Å². The Morgan fingerprint density at radius 3 is 2.33 bits per heavy atom. The Hall–Kier alpha value is -3.40. The van der Waals surface area contributed by atoms with Gasteiger partial charge in [-0.25, -0.2) is 4.79 Å². The molecule has 0 bridgehead atoms. The summed E-state index contributed by atoms with van der Waals surface area (Å²) in [5.41, 5.74) is -2.45. The smallest absolute Gasteiger partial charge is 0.324 e. The monoisotopic (exact) mass is 456 g/mol. The molecule has 33 heavy (non-hydrogen) atoms. The van der Waals surface area contributed by atoms with Crippen molar-refractivity contribution in [1.29, 1.82) is 0 Å². The van der Waals surface area contributed by atoms with Crippen molar-refractivity contribution in [2.75, 3.05) is 11.9 Å². The third-order valence-corrected chi connectivity index (χ3v) is 7.54. The Balaban J connectivity index is 1.62. The molecule has 4 heterocycles. The van der Waals surface area contributed by atoms with Crippen molar-refractivity contribution < 1.29 is 27.6 Å². The highest BCUT2D eigenvalue weighted by Gasteiger charge is 2.80. The van der Waals surface area contributed by atoms with E-state index >= 15 is 0 Å². The third-order valence-electron chi connectivity index (χ3n) is 7.54. The van der Waals surface area contributed by atoms with Gasteiger partial charge in [-0.3, -0.25) is 19.8 Å². The van der Waals surface area contributed by atoms with Crippen LogP contribution in [0.3, 0.4) is 0 Å². The van der Waals surface area contributed by atoms with Gasteiger partial charge in [0.15, 0.2) is 11.1 Å². The second kappa shape index (κ2) is 6.34. The maximum Gasteiger partial charge on any atom is 0.416 e. The molecule has 2 aromatic carbocycles. The summed E-state index contributed by atoms with van der Waals surface area (Å²) in [6, 6.07) is 10.6. The van der Waals surface area contributed by atoms with Gasteiger partial charge in [-0.05, 0) is 43.1 Å². The van der Waals surface area contributed by atoms with Crippen molar-refractivity contribution in [1.82, 2.24) is 15.5 Å². The molecule has 1 unspecified atom stereocenters. The lowest BCUT2D eigenvalue weighted by molar-refractivity contribution is -0.138. The maximum atomic E-state index is 13.7. The zero-order valence-electron chi connectivity index (χ0n) is 17.2. The van der Waals surface area contributed by atoms with Crippen LogP contribution in [0.2, 0.25) is 0 Å². The van der Waals surface area contributed by atoms with Crippen LogP contribution < -0.4 is 16.0 Å². The van der Waals surface area contributed by atoms with Crippen LogP contribution >= 0.6 is 0 Å². The van der Waals surface area contributed by atoms with Crippen LogP contribution in [0.15, 0.2) is 48.5 Å². The molecule has 3 saturated heterocycles. The number of amides is 4. The molecule has 3 fully saturated rings. The van der Waals surface area contributed by atoms with E-state index in [1.165, 1.54) is 12.1 Å². The maximum absolute atomic E-state index is 13.7. The number of imide groups is 1. The number of nitrogens with one attached hydrogen (secondary N) is 3. The average molecular weight is 456 g/mol. The summed E-state index contributed by atoms with van der Waals surface area (Å²) in [7, 11) is 0. The lowest BCUT2D eigenvalue weighted by Crippen LogP contribution is -2.68. The highest BCUT2D eigenvalue weighted by molar-refractivity contribution is 6.18. The molecule has 0 aliphatic carbocycles. The minimum Gasteiger partial charge on any atom is -0.324 e. The number of nitrogens with zero attached hydrogens (tertiary/aromatic N) is 1. The molecular weight excluding hydrogens is 437 g/mol. The number of halogens is 3. The van der Waals surface area contributed by atoms with Crippen LogP contribution in [0, 0.1) is 0 Å². The first-order valence-corrected chi connectivity index (χ1v) is 10.7. The van der Waals surface area contributed by atoms with E-state index < -0.39 is 46.6 Å². The Kier molecular flexibility index (Phi) is 3.89. The molecule has 2 aromatic rings. The first-order valence-electron chi connectivity index (χ1n) is 10.7. The van der Waals surface area contributed by atoms with Gasteiger partial charge in [-0.15, -0.1) is 0 Å². The SMILES string of the molecule is O=C1NC(=O)[C@@]2(N1)C(c1ccc(C(F)(F)F)cc1)[C@H]1CCCN1[C@]21C(=O)Nc2ccccc21. The summed E-state index contributed by atoms with van der Waals surface area (Å²) in [6.07, 6.45) is -3.12. The van der Waals surface area contributed by atoms with Gasteiger partial charge in [0, 0.05) is 23.2 Å². The van der Waals surface area contributed by atoms with E-state index in [-0.39, 0.29) is 6.04 Å². The molecular formula is C23H19F3N4O3. The summed E-state index contributed by atoms with van der Waals surface area (Å²) in [5.74, 6) is -1.81. The van der Waals surface area contributed by atoms with Gasteiger partial charge in [0.2, 0.25) is 0 Å². The number of anilines is 1. The predicted molar refractivity (Wildman–Crippen MR) is 110 cm³/mol. The topological polar surface area (TPSA) is 90.5 Å². The molecule has 0 saturated carbocycles. The number of carbonyl (C=O) groups is 3. The number of para-hydroxylation sites is 1. The number of urea groups is 1. The molecule has 2 spiro atoms. The van der Waals surface area contributed by atoms with E-state index in [0.29, 0.717) is 29.8 Å². The summed E-state index contributed by atoms with van der Waals surface area (Å²) < 4.78 is 39.6. The highest BCUT2D eigenvalue weighted by Crippen LogP contribution is 2.63. The number of rotatable bonds is 1. The van der Waals surface area contributed by atoms with Gasteiger partial charge in [-0.1, -0.05) is 30.3 Å². The molecule has 4 amide bonds. The number of hydrogen-bond donors (Lipinski definition) is 3. The predicted octanol–water partition coefficient (Wildman–Crippen LogP) is 2.69. The molecule has 170 valence electrons. The number of alkyl halides is 3. The second-order valence-corrected chi connectivity index (χ2v) is 8.93. The molecule has 4 atom stereocenters. The lowest BCUT2D eigenvalue weighted by atomic mass is 9.65. The van der Waals surface area contributed by atoms with E-state index in [0.717, 1.165) is 18.6 Å². The summed E-state index contributed by atoms with van der Waals surface area (Å²) in [4.78, 5) is 41.8. The summed E-state index contributed by atoms with van der Waals surface area (Å²) in [6.45, 7) is 0.508. The lowest BCUT2D eigenvalue weighted by Gasteiger charge is -2.42. The first kappa shape index (κ1) is 20.2. The van der Waals surface area contributed by atoms with Gasteiger partial charge in [0.1, 0.15) is 0 Å². The van der Waals surface area contributed by atoms with Crippen LogP contribution in [0.1, 0.15) is 35.4 Å². The highest BCUT2D eigenvalue weighted by atomic mass is 19.4. The van der Waals surface area contributed by atoms with Crippen LogP contribution in [0.5, 0.6) is 0 Å². The molecule has 0 radical (unpaired) electrons. The molecule has 6 rings (SSSR count). The Morgan fingerprint density at radius 1 is 0.939 bits per heavy atom. The Labute approximate surface area is 186 Å². The van der Waals surface area contributed by atoms with E-state index in [2.05, 4.69) is 16.0 Å². The van der Waals surface area contributed by atoms with Crippen molar-refractivity contribution in [2.24, 2.45) is 0 Å². The number of benzene rings is 2. The molecule has 3 N–H and O–H groups in total. The summed E-state index contributed by atoms with van der Waals surface area (Å²) >= 11 is 0. The quantitative estimate of drug-likeness (QED) is 0.576. The fourth-order valence-corrected chi connectivity index (χ4v) is 6.51. The molecule has 0 aromatic heterocycles. The zero-order chi connectivity index (χ0) is 23.2. The molecule has 4 aliphatic rings. The fraction of sp³-hybridized carbons (Fsp3) is 0.348. The van der Waals surface area contributed by atoms with Crippen molar-refractivity contribution in [3.8, 4) is 0 Å². The van der Waals surface area contributed by atoms with Crippen molar-refractivity contribution in [3.05, 3.63) is 65.2 Å². The average Bonchev–Trinajstić information content (AvgIpc) is 3.47. The van der Waals surface area contributed by atoms with Gasteiger partial charge < -0.3 is 10.6 Å². The normalized spacial score (nSPS) is 32.8. The largest absolute Gasteiger partial charge is 0.416 e. The van der Waals surface area contributed by atoms with Crippen molar-refractivity contribution in [3.63, 3.8) is 0 Å². The van der Waals surface area contributed by atoms with Gasteiger partial charge >= 0.3 is 12.2 Å². The zero-order valence-corrected chi connectivity index (χ0v) is 17.2. The van der Waals surface area contributed by atoms with Crippen LogP contribution in [-0.2, 0) is 21.3 Å². The Morgan fingerprint density at radius 2 is 1.67 bits per heavy atom. The number of fused-ring (bicyclic) bond motifs is 5. The van der Waals surface area contributed by atoms with Crippen LogP contribution in [0.25, 0.3) is 0 Å². The molecule has 10 heteroatoms. The number of carbonyl (C=O) groups excluding carboxylic acids is 3. The summed E-state index contributed by atoms with van der Waals surface area (Å²) in [5, 5.41) is 7.95. The van der Waals surface area contributed by atoms with Crippen molar-refractivity contribution >= 4 is 23.5 Å². The fourth-order valence-electron chi connectivity index (χ4n) is 6.51. The van der Waals surface area contributed by atoms with E-state index in [4.69, 9.17) is 0 Å². The minimum absolute atomic E-state index is 0.331. The third kappa shape index (κ3) is 2.31. The Bertz CT molecular complexity index is 1210. The van der Waals surface area contributed by atoms with E-state index in [1.807, 2.05) is 4.90 Å². The van der Waals surface area contributed by atoms with E-state index in [9.17, 15) is 27.6 Å². The standard InChI is InChI=1S/C23H19F3N4O3/c24-23(25,26)13-9-7-12(8-10-13)17-16-6-3-11-30(16)22(21(17)18(31)28-20(33)29-21)14-4-1-2-5-15(14)27-19(22)32/h1-2,4-5,7-10,16-17H,3,6,11H2,(H,27,32)(H2,28,29,31,33)/t16-,17?,21+,22-/m1/s1. The van der Waals surface area contributed by atoms with E-state index in [1.54, 1.807) is 24.3 Å². The van der Waals surface area contributed by atoms with Gasteiger partial charge in [0.05, 0.1) is 5.56 Å². The number of hydrogen-bond acceptors (Lipinski definition) is 4. The van der Waals surface area contributed by atoms with Crippen LogP contribution in [0.4, 0.5) is 23.7 Å². The first-order chi connectivity index (χ1) is 15.7. The second-order valence-electron chi connectivity index (χ2n) is 8.93. The molecule has 4 aliphatic heterocycles. The minimum atomic E-state index is -4.50.